The van der Waals surface area contributed by atoms with Gasteiger partial charge in [-0.3, -0.25) is 0 Å². The molecule has 0 fully saturated rings. The third-order valence-electron chi connectivity index (χ3n) is 4.21. The summed E-state index contributed by atoms with van der Waals surface area (Å²) in [7, 11) is 0. The van der Waals surface area contributed by atoms with Gasteiger partial charge >= 0.3 is 6.16 Å². The molecule has 0 atom stereocenters. The molecule has 0 aromatic heterocycles. The molecule has 0 saturated carbocycles. The zero-order valence-electron chi connectivity index (χ0n) is 16.8. The Labute approximate surface area is 167 Å². The summed E-state index contributed by atoms with van der Waals surface area (Å²) in [6.45, 7) is 6.72. The van der Waals surface area contributed by atoms with E-state index in [1.165, 1.54) is 0 Å². The Balaban J connectivity index is 1.94. The summed E-state index contributed by atoms with van der Waals surface area (Å²) in [6.07, 6.45) is 2.56. The van der Waals surface area contributed by atoms with E-state index in [2.05, 4.69) is 0 Å². The molecule has 2 aromatic rings. The fourth-order valence-corrected chi connectivity index (χ4v) is 2.84. The normalized spacial score (nSPS) is 10.6. The lowest BCUT2D eigenvalue weighted by Gasteiger charge is -2.12. The largest absolute Gasteiger partial charge is 0.519 e. The SMILES string of the molecule is CCOCCCc1ccccc1OC(=O)Oc1ccccc1CCCOCC. The van der Waals surface area contributed by atoms with Gasteiger partial charge in [0.25, 0.3) is 0 Å². The van der Waals surface area contributed by atoms with Crippen LogP contribution in [-0.4, -0.2) is 32.6 Å². The molecule has 2 rings (SSSR count). The van der Waals surface area contributed by atoms with Crippen molar-refractivity contribution in [2.75, 3.05) is 26.4 Å². The molecule has 0 bridgehead atoms. The van der Waals surface area contributed by atoms with Crippen LogP contribution in [0.2, 0.25) is 0 Å². The predicted octanol–water partition coefficient (Wildman–Crippen LogP) is 5.20. The van der Waals surface area contributed by atoms with Crippen molar-refractivity contribution in [3.8, 4) is 11.5 Å². The van der Waals surface area contributed by atoms with Gasteiger partial charge in [-0.25, -0.2) is 4.79 Å². The highest BCUT2D eigenvalue weighted by atomic mass is 16.7. The van der Waals surface area contributed by atoms with E-state index in [4.69, 9.17) is 18.9 Å². The topological polar surface area (TPSA) is 54.0 Å². The number of hydrogen-bond donors (Lipinski definition) is 0. The average Bonchev–Trinajstić information content (AvgIpc) is 2.71. The number of benzene rings is 2. The Kier molecular flexibility index (Phi) is 10.1. The maximum Gasteiger partial charge on any atom is 0.519 e. The van der Waals surface area contributed by atoms with Crippen LogP contribution in [0.3, 0.4) is 0 Å². The molecule has 2 aromatic carbocycles. The van der Waals surface area contributed by atoms with Gasteiger partial charge in [0.15, 0.2) is 0 Å². The van der Waals surface area contributed by atoms with E-state index in [-0.39, 0.29) is 0 Å². The van der Waals surface area contributed by atoms with Gasteiger partial charge in [0, 0.05) is 26.4 Å². The van der Waals surface area contributed by atoms with Crippen molar-refractivity contribution in [3.05, 3.63) is 59.7 Å². The monoisotopic (exact) mass is 386 g/mol. The van der Waals surface area contributed by atoms with Crippen LogP contribution in [0.1, 0.15) is 37.8 Å². The molecule has 0 aliphatic heterocycles. The summed E-state index contributed by atoms with van der Waals surface area (Å²) in [5, 5.41) is 0. The number of rotatable bonds is 12. The van der Waals surface area contributed by atoms with Gasteiger partial charge in [-0.1, -0.05) is 36.4 Å². The Morgan fingerprint density at radius 1 is 0.714 bits per heavy atom. The molecule has 0 saturated heterocycles. The van der Waals surface area contributed by atoms with Gasteiger partial charge in [-0.2, -0.15) is 0 Å². The van der Waals surface area contributed by atoms with Gasteiger partial charge in [0.05, 0.1) is 0 Å². The van der Waals surface area contributed by atoms with E-state index < -0.39 is 6.16 Å². The van der Waals surface area contributed by atoms with Crippen LogP contribution >= 0.6 is 0 Å². The lowest BCUT2D eigenvalue weighted by atomic mass is 10.1. The molecule has 0 unspecified atom stereocenters. The number of hydrogen-bond acceptors (Lipinski definition) is 5. The zero-order chi connectivity index (χ0) is 20.0. The van der Waals surface area contributed by atoms with Crippen LogP contribution in [0.25, 0.3) is 0 Å². The van der Waals surface area contributed by atoms with Crippen LogP contribution in [-0.2, 0) is 22.3 Å². The Morgan fingerprint density at radius 2 is 1.14 bits per heavy atom. The molecule has 0 amide bonds. The maximum atomic E-state index is 12.3. The number of carbonyl (C=O) groups excluding carboxylic acids is 1. The molecule has 0 heterocycles. The van der Waals surface area contributed by atoms with Crippen LogP contribution < -0.4 is 9.47 Å². The molecule has 0 aliphatic carbocycles. The zero-order valence-corrected chi connectivity index (χ0v) is 16.8. The first-order valence-corrected chi connectivity index (χ1v) is 9.95. The smallest absolute Gasteiger partial charge is 0.394 e. The summed E-state index contributed by atoms with van der Waals surface area (Å²) >= 11 is 0. The predicted molar refractivity (Wildman–Crippen MR) is 109 cm³/mol. The van der Waals surface area contributed by atoms with Gasteiger partial charge in [0.2, 0.25) is 0 Å². The number of para-hydroxylation sites is 2. The summed E-state index contributed by atoms with van der Waals surface area (Å²) in [4.78, 5) is 12.3. The summed E-state index contributed by atoms with van der Waals surface area (Å²) in [6, 6.07) is 15.0. The summed E-state index contributed by atoms with van der Waals surface area (Å²) in [5.74, 6) is 1.05. The highest BCUT2D eigenvalue weighted by Gasteiger charge is 2.13. The Hall–Kier alpha value is -2.37. The lowest BCUT2D eigenvalue weighted by Crippen LogP contribution is -2.16. The molecule has 0 radical (unpaired) electrons. The molecule has 5 nitrogen and oxygen atoms in total. The Bertz CT molecular complexity index is 654. The van der Waals surface area contributed by atoms with E-state index in [1.807, 2.05) is 50.2 Å². The highest BCUT2D eigenvalue weighted by Crippen LogP contribution is 2.23. The van der Waals surface area contributed by atoms with Crippen molar-refractivity contribution in [1.82, 2.24) is 0 Å². The lowest BCUT2D eigenvalue weighted by molar-refractivity contribution is 0.143. The van der Waals surface area contributed by atoms with Crippen molar-refractivity contribution >= 4 is 6.16 Å². The number of aryl methyl sites for hydroxylation is 2. The third kappa shape index (κ3) is 7.71. The van der Waals surface area contributed by atoms with E-state index in [0.29, 0.717) is 37.9 Å². The second-order valence-corrected chi connectivity index (χ2v) is 6.27. The van der Waals surface area contributed by atoms with Crippen molar-refractivity contribution in [3.63, 3.8) is 0 Å². The Morgan fingerprint density at radius 3 is 1.57 bits per heavy atom. The first kappa shape index (κ1) is 21.9. The van der Waals surface area contributed by atoms with Gasteiger partial charge in [-0.15, -0.1) is 0 Å². The second-order valence-electron chi connectivity index (χ2n) is 6.27. The van der Waals surface area contributed by atoms with Crippen LogP contribution in [0, 0.1) is 0 Å². The first-order chi connectivity index (χ1) is 13.7. The first-order valence-electron chi connectivity index (χ1n) is 9.95. The third-order valence-corrected chi connectivity index (χ3v) is 4.21. The van der Waals surface area contributed by atoms with Crippen LogP contribution in [0.4, 0.5) is 4.79 Å². The standard InChI is InChI=1S/C23H30O5/c1-3-25-17-9-13-19-11-5-7-15-21(19)27-23(24)28-22-16-8-6-12-20(22)14-10-18-26-4-2/h5-8,11-12,15-16H,3-4,9-10,13-14,17-18H2,1-2H3. The molecule has 0 N–H and O–H groups in total. The van der Waals surface area contributed by atoms with Crippen molar-refractivity contribution in [1.29, 1.82) is 0 Å². The number of ether oxygens (including phenoxy) is 4. The minimum atomic E-state index is -0.727. The molecule has 5 heteroatoms. The van der Waals surface area contributed by atoms with Gasteiger partial charge in [-0.05, 0) is 62.8 Å². The molecular formula is C23H30O5. The molecule has 0 spiro atoms. The van der Waals surface area contributed by atoms with Crippen LogP contribution in [0.15, 0.2) is 48.5 Å². The van der Waals surface area contributed by atoms with E-state index in [1.54, 1.807) is 12.1 Å². The summed E-state index contributed by atoms with van der Waals surface area (Å²) < 4.78 is 21.7. The minimum Gasteiger partial charge on any atom is -0.394 e. The molecule has 152 valence electrons. The summed E-state index contributed by atoms with van der Waals surface area (Å²) in [5.41, 5.74) is 1.92. The van der Waals surface area contributed by atoms with Gasteiger partial charge < -0.3 is 18.9 Å². The highest BCUT2D eigenvalue weighted by molar-refractivity contribution is 5.68. The van der Waals surface area contributed by atoms with E-state index in [0.717, 1.165) is 36.8 Å². The molecule has 0 aliphatic rings. The van der Waals surface area contributed by atoms with E-state index >= 15 is 0 Å². The van der Waals surface area contributed by atoms with Crippen molar-refractivity contribution in [2.45, 2.75) is 39.5 Å². The van der Waals surface area contributed by atoms with E-state index in [9.17, 15) is 4.79 Å². The fourth-order valence-electron chi connectivity index (χ4n) is 2.84. The van der Waals surface area contributed by atoms with Crippen molar-refractivity contribution < 1.29 is 23.7 Å². The van der Waals surface area contributed by atoms with Crippen LogP contribution in [0.5, 0.6) is 11.5 Å². The quantitative estimate of drug-likeness (QED) is 0.285. The fraction of sp³-hybridized carbons (Fsp3) is 0.435. The van der Waals surface area contributed by atoms with Crippen molar-refractivity contribution in [2.24, 2.45) is 0 Å². The minimum absolute atomic E-state index is 0.526. The average molecular weight is 386 g/mol. The molecule has 28 heavy (non-hydrogen) atoms. The maximum absolute atomic E-state index is 12.3. The second kappa shape index (κ2) is 12.9. The number of carbonyl (C=O) groups is 1. The van der Waals surface area contributed by atoms with Gasteiger partial charge in [0.1, 0.15) is 11.5 Å². The molecular weight excluding hydrogens is 356 g/mol.